The molecule has 0 bridgehead atoms. The normalized spacial score (nSPS) is 10.8. The zero-order chi connectivity index (χ0) is 16.1. The Balaban J connectivity index is 1.99. The van der Waals surface area contributed by atoms with Gasteiger partial charge in [-0.1, -0.05) is 17.7 Å². The van der Waals surface area contributed by atoms with Gasteiger partial charge in [0.2, 0.25) is 5.91 Å². The number of alkyl halides is 2. The van der Waals surface area contributed by atoms with Crippen LogP contribution in [0.2, 0.25) is 5.02 Å². The maximum atomic E-state index is 12.4. The highest BCUT2D eigenvalue weighted by atomic mass is 35.5. The third-order valence-electron chi connectivity index (χ3n) is 2.79. The fraction of sp³-hybridized carbons (Fsp3) is 0.286. The van der Waals surface area contributed by atoms with Gasteiger partial charge in [-0.05, 0) is 24.6 Å². The quantitative estimate of drug-likeness (QED) is 0.882. The number of nitrogens with zero attached hydrogens (tertiary/aromatic N) is 2. The molecule has 1 aromatic carbocycles. The molecule has 118 valence electrons. The molecule has 0 saturated carbocycles. The Kier molecular flexibility index (Phi) is 5.32. The number of carbonyl (C=O) groups is 1. The highest BCUT2D eigenvalue weighted by Gasteiger charge is 2.12. The third-order valence-corrected chi connectivity index (χ3v) is 2.99. The standard InChI is InChI=1S/C14H14ClF2N3O2/c1-9-2-3-12(22-14(16)17)11(6-9)19-13(21)4-5-20-8-10(15)7-18-20/h2-3,6-8,14H,4-5H2,1H3,(H,19,21). The molecule has 0 radical (unpaired) electrons. The lowest BCUT2D eigenvalue weighted by molar-refractivity contribution is -0.116. The number of rotatable bonds is 6. The van der Waals surface area contributed by atoms with Crippen molar-refractivity contribution in [2.45, 2.75) is 26.5 Å². The summed E-state index contributed by atoms with van der Waals surface area (Å²) in [4.78, 5) is 11.9. The van der Waals surface area contributed by atoms with Crippen LogP contribution in [0.25, 0.3) is 0 Å². The number of halogens is 3. The molecule has 1 N–H and O–H groups in total. The van der Waals surface area contributed by atoms with E-state index in [0.717, 1.165) is 5.56 Å². The molecule has 0 aliphatic heterocycles. The van der Waals surface area contributed by atoms with E-state index in [-0.39, 0.29) is 23.8 Å². The lowest BCUT2D eigenvalue weighted by Crippen LogP contribution is -2.16. The van der Waals surface area contributed by atoms with Gasteiger partial charge in [0, 0.05) is 19.2 Å². The first-order valence-corrected chi connectivity index (χ1v) is 6.85. The van der Waals surface area contributed by atoms with Gasteiger partial charge in [-0.3, -0.25) is 9.48 Å². The Bertz CT molecular complexity index is 661. The number of aromatic nitrogens is 2. The molecule has 0 unspecified atom stereocenters. The van der Waals surface area contributed by atoms with E-state index in [1.165, 1.54) is 16.9 Å². The van der Waals surface area contributed by atoms with Gasteiger partial charge in [-0.15, -0.1) is 0 Å². The largest absolute Gasteiger partial charge is 0.433 e. The first kappa shape index (κ1) is 16.2. The lowest BCUT2D eigenvalue weighted by Gasteiger charge is -2.12. The topological polar surface area (TPSA) is 56.1 Å². The lowest BCUT2D eigenvalue weighted by atomic mass is 10.2. The predicted octanol–water partition coefficient (Wildman–Crippen LogP) is 3.48. The number of amides is 1. The van der Waals surface area contributed by atoms with Crippen molar-refractivity contribution in [2.24, 2.45) is 0 Å². The Hall–Kier alpha value is -2.15. The molecule has 1 aromatic heterocycles. The van der Waals surface area contributed by atoms with E-state index in [1.807, 2.05) is 0 Å². The first-order chi connectivity index (χ1) is 10.4. The maximum absolute atomic E-state index is 12.4. The van der Waals surface area contributed by atoms with Crippen LogP contribution < -0.4 is 10.1 Å². The van der Waals surface area contributed by atoms with Crippen LogP contribution in [-0.2, 0) is 11.3 Å². The molecule has 0 aliphatic rings. The molecule has 0 saturated heterocycles. The van der Waals surface area contributed by atoms with Crippen LogP contribution in [0.5, 0.6) is 5.75 Å². The average Bonchev–Trinajstić information content (AvgIpc) is 2.85. The number of anilines is 1. The summed E-state index contributed by atoms with van der Waals surface area (Å²) < 4.78 is 30.6. The minimum absolute atomic E-state index is 0.0731. The summed E-state index contributed by atoms with van der Waals surface area (Å²) in [6.45, 7) is -0.840. The summed E-state index contributed by atoms with van der Waals surface area (Å²) in [5.41, 5.74) is 1.03. The number of carbonyl (C=O) groups excluding carboxylic acids is 1. The van der Waals surface area contributed by atoms with Crippen LogP contribution >= 0.6 is 11.6 Å². The number of hydrogen-bond donors (Lipinski definition) is 1. The van der Waals surface area contributed by atoms with Gasteiger partial charge in [0.15, 0.2) is 0 Å². The molecule has 0 spiro atoms. The van der Waals surface area contributed by atoms with Crippen LogP contribution in [0.1, 0.15) is 12.0 Å². The molecule has 2 aromatic rings. The minimum atomic E-state index is -2.95. The number of benzene rings is 1. The van der Waals surface area contributed by atoms with Crippen LogP contribution in [-0.4, -0.2) is 22.3 Å². The second-order valence-corrected chi connectivity index (χ2v) is 5.03. The van der Waals surface area contributed by atoms with E-state index in [2.05, 4.69) is 15.2 Å². The molecule has 0 fully saturated rings. The Morgan fingerprint density at radius 1 is 1.50 bits per heavy atom. The van der Waals surface area contributed by atoms with E-state index in [0.29, 0.717) is 11.6 Å². The van der Waals surface area contributed by atoms with E-state index in [9.17, 15) is 13.6 Å². The summed E-state index contributed by atoms with van der Waals surface area (Å²) >= 11 is 5.72. The SMILES string of the molecule is Cc1ccc(OC(F)F)c(NC(=O)CCn2cc(Cl)cn2)c1. The highest BCUT2D eigenvalue weighted by Crippen LogP contribution is 2.27. The monoisotopic (exact) mass is 329 g/mol. The average molecular weight is 330 g/mol. The van der Waals surface area contributed by atoms with Crippen molar-refractivity contribution >= 4 is 23.2 Å². The van der Waals surface area contributed by atoms with Crippen molar-refractivity contribution in [1.82, 2.24) is 9.78 Å². The van der Waals surface area contributed by atoms with Crippen molar-refractivity contribution in [3.63, 3.8) is 0 Å². The molecule has 22 heavy (non-hydrogen) atoms. The maximum Gasteiger partial charge on any atom is 0.387 e. The fourth-order valence-electron chi connectivity index (χ4n) is 1.83. The number of nitrogens with one attached hydrogen (secondary N) is 1. The summed E-state index contributed by atoms with van der Waals surface area (Å²) in [5.74, 6) is -0.410. The summed E-state index contributed by atoms with van der Waals surface area (Å²) in [6.07, 6.45) is 3.18. The van der Waals surface area contributed by atoms with Gasteiger partial charge < -0.3 is 10.1 Å². The van der Waals surface area contributed by atoms with Gasteiger partial charge in [-0.25, -0.2) is 0 Å². The molecule has 0 atom stereocenters. The molecule has 1 heterocycles. The Morgan fingerprint density at radius 2 is 2.27 bits per heavy atom. The predicted molar refractivity (Wildman–Crippen MR) is 78.3 cm³/mol. The minimum Gasteiger partial charge on any atom is -0.433 e. The summed E-state index contributed by atoms with van der Waals surface area (Å²) in [7, 11) is 0. The molecule has 2 rings (SSSR count). The van der Waals surface area contributed by atoms with Gasteiger partial charge in [0.05, 0.1) is 16.9 Å². The van der Waals surface area contributed by atoms with Gasteiger partial charge in [0.1, 0.15) is 5.75 Å². The smallest absolute Gasteiger partial charge is 0.387 e. The van der Waals surface area contributed by atoms with Crippen molar-refractivity contribution < 1.29 is 18.3 Å². The molecule has 5 nitrogen and oxygen atoms in total. The van der Waals surface area contributed by atoms with E-state index in [1.54, 1.807) is 25.3 Å². The van der Waals surface area contributed by atoms with Crippen LogP contribution in [0.15, 0.2) is 30.6 Å². The van der Waals surface area contributed by atoms with Crippen LogP contribution in [0.3, 0.4) is 0 Å². The highest BCUT2D eigenvalue weighted by molar-refractivity contribution is 6.30. The number of hydrogen-bond acceptors (Lipinski definition) is 3. The fourth-order valence-corrected chi connectivity index (χ4v) is 1.99. The Morgan fingerprint density at radius 3 is 2.91 bits per heavy atom. The van der Waals surface area contributed by atoms with E-state index in [4.69, 9.17) is 11.6 Å². The van der Waals surface area contributed by atoms with Gasteiger partial charge in [-0.2, -0.15) is 13.9 Å². The molecule has 0 aliphatic carbocycles. The molecule has 1 amide bonds. The van der Waals surface area contributed by atoms with Gasteiger partial charge >= 0.3 is 6.61 Å². The number of aryl methyl sites for hydroxylation is 2. The second kappa shape index (κ2) is 7.22. The molecular formula is C14H14ClF2N3O2. The summed E-state index contributed by atoms with van der Waals surface area (Å²) in [6, 6.07) is 4.59. The first-order valence-electron chi connectivity index (χ1n) is 6.47. The number of ether oxygens (including phenoxy) is 1. The van der Waals surface area contributed by atoms with Crippen LogP contribution in [0, 0.1) is 6.92 Å². The third kappa shape index (κ3) is 4.70. The zero-order valence-electron chi connectivity index (χ0n) is 11.7. The van der Waals surface area contributed by atoms with Crippen molar-refractivity contribution in [1.29, 1.82) is 0 Å². The second-order valence-electron chi connectivity index (χ2n) is 4.60. The molecular weight excluding hydrogens is 316 g/mol. The van der Waals surface area contributed by atoms with Gasteiger partial charge in [0.25, 0.3) is 0 Å². The molecule has 8 heteroatoms. The Labute approximate surface area is 130 Å². The van der Waals surface area contributed by atoms with Crippen LogP contribution in [0.4, 0.5) is 14.5 Å². The summed E-state index contributed by atoms with van der Waals surface area (Å²) in [5, 5.41) is 6.99. The van der Waals surface area contributed by atoms with E-state index < -0.39 is 6.61 Å². The van der Waals surface area contributed by atoms with E-state index >= 15 is 0 Å². The zero-order valence-corrected chi connectivity index (χ0v) is 12.5. The van der Waals surface area contributed by atoms with Crippen molar-refractivity contribution in [3.05, 3.63) is 41.2 Å². The van der Waals surface area contributed by atoms with Crippen molar-refractivity contribution in [2.75, 3.05) is 5.32 Å². The van der Waals surface area contributed by atoms with Crippen molar-refractivity contribution in [3.8, 4) is 5.75 Å².